The first kappa shape index (κ1) is 18.1. The molecule has 4 heterocycles. The van der Waals surface area contributed by atoms with E-state index in [1.54, 1.807) is 7.11 Å². The zero-order chi connectivity index (χ0) is 18.6. The van der Waals surface area contributed by atoms with Gasteiger partial charge in [0.05, 0.1) is 25.3 Å². The van der Waals surface area contributed by atoms with Gasteiger partial charge in [-0.15, -0.1) is 5.10 Å². The molecule has 0 spiro atoms. The molecule has 0 aliphatic carbocycles. The molecule has 4 atom stereocenters. The lowest BCUT2D eigenvalue weighted by atomic mass is 9.75. The van der Waals surface area contributed by atoms with Crippen LogP contribution in [0.3, 0.4) is 0 Å². The maximum Gasteiger partial charge on any atom is 0.224 e. The van der Waals surface area contributed by atoms with Gasteiger partial charge in [-0.05, 0) is 30.9 Å². The van der Waals surface area contributed by atoms with E-state index in [1.165, 1.54) is 0 Å². The minimum absolute atomic E-state index is 0.0958. The van der Waals surface area contributed by atoms with E-state index < -0.39 is 0 Å². The highest BCUT2D eigenvalue weighted by Crippen LogP contribution is 2.36. The van der Waals surface area contributed by atoms with Gasteiger partial charge in [0.1, 0.15) is 5.69 Å². The zero-order valence-corrected chi connectivity index (χ0v) is 15.8. The normalized spacial score (nSPS) is 26.9. The van der Waals surface area contributed by atoms with Gasteiger partial charge in [0.25, 0.3) is 0 Å². The number of benzene rings is 1. The van der Waals surface area contributed by atoms with Crippen LogP contribution in [0.1, 0.15) is 24.1 Å². The quantitative estimate of drug-likeness (QED) is 0.800. The minimum atomic E-state index is 0.0958. The summed E-state index contributed by atoms with van der Waals surface area (Å²) < 4.78 is 7.01. The Morgan fingerprint density at radius 1 is 1.33 bits per heavy atom. The molecule has 7 nitrogen and oxygen atoms in total. The van der Waals surface area contributed by atoms with Crippen LogP contribution in [0.2, 0.25) is 0 Å². The summed E-state index contributed by atoms with van der Waals surface area (Å²) in [5.74, 6) is 0.742. The number of fused-ring (bicyclic) bond motifs is 3. The third-order valence-corrected chi connectivity index (χ3v) is 5.80. The van der Waals surface area contributed by atoms with Crippen molar-refractivity contribution in [1.82, 2.24) is 25.2 Å². The number of hydrogen-bond acceptors (Lipinski definition) is 5. The lowest BCUT2D eigenvalue weighted by Crippen LogP contribution is -2.58. The number of methoxy groups -OCH3 is 1. The first-order valence-electron chi connectivity index (χ1n) is 9.66. The smallest absolute Gasteiger partial charge is 0.224 e. The van der Waals surface area contributed by atoms with Crippen molar-refractivity contribution in [1.29, 1.82) is 0 Å². The summed E-state index contributed by atoms with van der Waals surface area (Å²) in [5.41, 5.74) is 2.00. The number of carbonyl (C=O) groups is 1. The molecule has 1 aromatic carbocycles. The highest BCUT2D eigenvalue weighted by Gasteiger charge is 2.43. The summed E-state index contributed by atoms with van der Waals surface area (Å²) >= 11 is 0. The van der Waals surface area contributed by atoms with Crippen molar-refractivity contribution in [3.05, 3.63) is 47.8 Å². The number of ether oxygens (including phenoxy) is 1. The van der Waals surface area contributed by atoms with Gasteiger partial charge in [-0.1, -0.05) is 35.5 Å². The number of carbonyl (C=O) groups excluding carboxylic acids is 1. The third kappa shape index (κ3) is 4.20. The number of rotatable bonds is 7. The molecular formula is C20H27N5O2. The van der Waals surface area contributed by atoms with Gasteiger partial charge >= 0.3 is 0 Å². The Bertz CT molecular complexity index is 763. The summed E-state index contributed by atoms with van der Waals surface area (Å²) in [6.07, 6.45) is 4.10. The summed E-state index contributed by atoms with van der Waals surface area (Å²) in [4.78, 5) is 15.2. The van der Waals surface area contributed by atoms with Crippen LogP contribution in [-0.2, 0) is 29.2 Å². The number of amides is 1. The van der Waals surface area contributed by atoms with E-state index >= 15 is 0 Å². The van der Waals surface area contributed by atoms with E-state index in [2.05, 4.69) is 20.5 Å². The second-order valence-electron chi connectivity index (χ2n) is 7.61. The van der Waals surface area contributed by atoms with Crippen LogP contribution < -0.4 is 5.32 Å². The molecule has 27 heavy (non-hydrogen) atoms. The van der Waals surface area contributed by atoms with Crippen molar-refractivity contribution in [3.63, 3.8) is 0 Å². The van der Waals surface area contributed by atoms with Crippen molar-refractivity contribution in [2.45, 2.75) is 38.6 Å². The van der Waals surface area contributed by atoms with Crippen LogP contribution in [0, 0.1) is 11.8 Å². The Balaban J connectivity index is 1.32. The molecule has 3 saturated heterocycles. The molecule has 2 aromatic rings. The molecule has 1 aromatic heterocycles. The minimum Gasteiger partial charge on any atom is -0.378 e. The Morgan fingerprint density at radius 3 is 2.93 bits per heavy atom. The Kier molecular flexibility index (Phi) is 5.50. The van der Waals surface area contributed by atoms with Crippen molar-refractivity contribution < 1.29 is 9.53 Å². The number of piperidine rings is 3. The van der Waals surface area contributed by atoms with Gasteiger partial charge in [0.15, 0.2) is 0 Å². The Labute approximate surface area is 159 Å². The molecule has 0 radical (unpaired) electrons. The number of nitrogens with one attached hydrogen (secondary N) is 1. The highest BCUT2D eigenvalue weighted by molar-refractivity contribution is 5.79. The maximum atomic E-state index is 12.7. The molecule has 2 bridgehead atoms. The van der Waals surface area contributed by atoms with Crippen LogP contribution in [0.4, 0.5) is 0 Å². The predicted octanol–water partition coefficient (Wildman–Crippen LogP) is 1.45. The van der Waals surface area contributed by atoms with Crippen LogP contribution >= 0.6 is 0 Å². The van der Waals surface area contributed by atoms with Crippen molar-refractivity contribution >= 4 is 5.91 Å². The van der Waals surface area contributed by atoms with Gasteiger partial charge in [-0.25, -0.2) is 0 Å². The largest absolute Gasteiger partial charge is 0.378 e. The molecule has 3 fully saturated rings. The van der Waals surface area contributed by atoms with Crippen LogP contribution in [0.15, 0.2) is 36.5 Å². The monoisotopic (exact) mass is 369 g/mol. The average molecular weight is 369 g/mol. The molecule has 7 heteroatoms. The first-order valence-corrected chi connectivity index (χ1v) is 9.66. The fourth-order valence-corrected chi connectivity index (χ4v) is 4.40. The average Bonchev–Trinajstić information content (AvgIpc) is 3.14. The summed E-state index contributed by atoms with van der Waals surface area (Å²) in [6, 6.07) is 10.5. The van der Waals surface area contributed by atoms with E-state index in [0.29, 0.717) is 25.1 Å². The maximum absolute atomic E-state index is 12.7. The van der Waals surface area contributed by atoms with Crippen LogP contribution in [0.25, 0.3) is 0 Å². The molecule has 1 N–H and O–H groups in total. The fourth-order valence-electron chi connectivity index (χ4n) is 4.40. The lowest BCUT2D eigenvalue weighted by molar-refractivity contribution is -0.133. The molecule has 1 amide bonds. The molecule has 144 valence electrons. The van der Waals surface area contributed by atoms with Gasteiger partial charge in [0, 0.05) is 26.2 Å². The molecule has 4 unspecified atom stereocenters. The second-order valence-corrected chi connectivity index (χ2v) is 7.61. The third-order valence-electron chi connectivity index (χ3n) is 5.80. The number of aromatic nitrogens is 3. The topological polar surface area (TPSA) is 72.3 Å². The first-order chi connectivity index (χ1) is 13.2. The Hall–Kier alpha value is -2.25. The second kappa shape index (κ2) is 8.19. The molecule has 3 aliphatic heterocycles. The van der Waals surface area contributed by atoms with Gasteiger partial charge in [-0.2, -0.15) is 0 Å². The molecule has 0 saturated carbocycles. The fraction of sp³-hybridized carbons (Fsp3) is 0.550. The summed E-state index contributed by atoms with van der Waals surface area (Å²) in [7, 11) is 1.66. The lowest BCUT2D eigenvalue weighted by Gasteiger charge is -2.49. The van der Waals surface area contributed by atoms with Gasteiger partial charge in [-0.3, -0.25) is 14.4 Å². The molecule has 3 aliphatic rings. The zero-order valence-electron chi connectivity index (χ0n) is 15.8. The summed E-state index contributed by atoms with van der Waals surface area (Å²) in [6.45, 7) is 3.83. The van der Waals surface area contributed by atoms with Gasteiger partial charge in [0.2, 0.25) is 5.91 Å². The van der Waals surface area contributed by atoms with E-state index in [1.807, 2.05) is 41.2 Å². The van der Waals surface area contributed by atoms with Crippen molar-refractivity contribution in [2.24, 2.45) is 11.8 Å². The van der Waals surface area contributed by atoms with Gasteiger partial charge < -0.3 is 10.1 Å². The molecular weight excluding hydrogens is 342 g/mol. The Morgan fingerprint density at radius 2 is 2.19 bits per heavy atom. The standard InChI is InChI=1S/C20H27N5O2/c1-27-14-17-11-25(23-22-17)12-18-9-16-7-8-24(18)13-19(16)20(26)21-10-15-5-3-2-4-6-15/h2-6,11,16,18-19H,7-10,12-14H2,1H3,(H,21,26). The van der Waals surface area contributed by atoms with Crippen LogP contribution in [-0.4, -0.2) is 52.0 Å². The number of nitrogens with zero attached hydrogens (tertiary/aromatic N) is 4. The van der Waals surface area contributed by atoms with E-state index in [9.17, 15) is 4.79 Å². The van der Waals surface area contributed by atoms with Crippen molar-refractivity contribution in [3.8, 4) is 0 Å². The van der Waals surface area contributed by atoms with E-state index in [-0.39, 0.29) is 11.8 Å². The van der Waals surface area contributed by atoms with Crippen molar-refractivity contribution in [2.75, 3.05) is 20.2 Å². The predicted molar refractivity (Wildman–Crippen MR) is 101 cm³/mol. The highest BCUT2D eigenvalue weighted by atomic mass is 16.5. The summed E-state index contributed by atoms with van der Waals surface area (Å²) in [5, 5.41) is 11.5. The van der Waals surface area contributed by atoms with E-state index in [4.69, 9.17) is 4.74 Å². The van der Waals surface area contributed by atoms with E-state index in [0.717, 1.165) is 43.7 Å². The number of hydrogen-bond donors (Lipinski definition) is 1. The SMILES string of the molecule is COCc1cn(CC2CC3CCN2CC3C(=O)NCc2ccccc2)nn1. The molecule has 5 rings (SSSR count). The van der Waals surface area contributed by atoms with Crippen LogP contribution in [0.5, 0.6) is 0 Å².